The maximum atomic E-state index is 9.07. The minimum absolute atomic E-state index is 0. The predicted octanol–water partition coefficient (Wildman–Crippen LogP) is -1.57. The number of rotatable bonds is 0. The zero-order valence-electron chi connectivity index (χ0n) is 15.3. The average molecular weight is 483 g/mol. The average Bonchev–Trinajstić information content (AvgIpc) is 3.51. The molecule has 6 heteroatoms. The number of hydrogen-bond acceptors (Lipinski definition) is 2. The van der Waals surface area contributed by atoms with Gasteiger partial charge < -0.3 is 24.8 Å². The van der Waals surface area contributed by atoms with Crippen molar-refractivity contribution < 1.29 is 74.3 Å². The van der Waals surface area contributed by atoms with Gasteiger partial charge in [-0.2, -0.15) is 24.3 Å². The van der Waals surface area contributed by atoms with Crippen molar-refractivity contribution in [1.29, 1.82) is 0 Å². The van der Waals surface area contributed by atoms with E-state index in [0.29, 0.717) is 0 Å². The number of halogens is 2. The first-order valence-electron chi connectivity index (χ1n) is 7.78. The molecule has 144 valence electrons. The SMILES string of the molecule is O=[C]=[Ti]=[C]=O.[C-]1=CC=CC1.[C-]1=CC=CC1.[C-]1=CC=CC1.[C-]1=CC=CC1.[Cl-].[Cl-].[Ti+4]. The summed E-state index contributed by atoms with van der Waals surface area (Å²) in [4.78, 5) is 18.1. The van der Waals surface area contributed by atoms with Crippen LogP contribution < -0.4 is 24.8 Å². The van der Waals surface area contributed by atoms with Crippen LogP contribution in [0.1, 0.15) is 25.7 Å². The molecule has 0 fully saturated rings. The standard InChI is InChI=1S/4C5H5.2CO.2ClH.2Ti/c4*1-2-4-5-3-1;2*1-2;;;;/h4*1-3H,4H2;;;2*1H;;/q4*-1;;;;;;+4/p-2. The second-order valence-corrected chi connectivity index (χ2v) is 5.37. The fourth-order valence-electron chi connectivity index (χ4n) is 1.38. The summed E-state index contributed by atoms with van der Waals surface area (Å²) in [6, 6.07) is 0. The minimum atomic E-state index is -1.08. The third-order valence-corrected chi connectivity index (χ3v) is 2.76. The molecule has 2 nitrogen and oxygen atoms in total. The zero-order valence-corrected chi connectivity index (χ0v) is 20.0. The molecule has 0 saturated carbocycles. The van der Waals surface area contributed by atoms with E-state index in [4.69, 9.17) is 9.59 Å². The Labute approximate surface area is 204 Å². The molecule has 0 N–H and O–H groups in total. The summed E-state index contributed by atoms with van der Waals surface area (Å²) in [7, 11) is 0. The third-order valence-electron chi connectivity index (χ3n) is 2.45. The van der Waals surface area contributed by atoms with E-state index in [2.05, 4.69) is 48.6 Å². The first kappa shape index (κ1) is 34.6. The van der Waals surface area contributed by atoms with Crippen LogP contribution in [0, 0.1) is 24.3 Å². The normalized spacial score (nSPS) is 13.1. The van der Waals surface area contributed by atoms with E-state index < -0.39 is 18.2 Å². The van der Waals surface area contributed by atoms with Crippen molar-refractivity contribution in [1.82, 2.24) is 0 Å². The molecule has 0 saturated heterocycles. The van der Waals surface area contributed by atoms with Gasteiger partial charge in [0.05, 0.1) is 0 Å². The van der Waals surface area contributed by atoms with Crippen molar-refractivity contribution >= 4 is 8.36 Å². The van der Waals surface area contributed by atoms with E-state index >= 15 is 0 Å². The van der Waals surface area contributed by atoms with Gasteiger partial charge in [-0.1, -0.05) is 0 Å². The van der Waals surface area contributed by atoms with E-state index in [9.17, 15) is 0 Å². The molecule has 0 aromatic carbocycles. The van der Waals surface area contributed by atoms with Crippen molar-refractivity contribution in [3.8, 4) is 0 Å². The Morgan fingerprint density at radius 1 is 0.571 bits per heavy atom. The maximum Gasteiger partial charge on any atom is 4.00 e. The molecule has 0 bridgehead atoms. The number of carbonyl (C=O) groups excluding carboxylic acids is 2. The van der Waals surface area contributed by atoms with Crippen LogP contribution in [0.5, 0.6) is 0 Å². The van der Waals surface area contributed by atoms with Crippen LogP contribution >= 0.6 is 0 Å². The molecule has 4 aliphatic rings. The molecule has 0 atom stereocenters. The Hall–Kier alpha value is -0.911. The maximum absolute atomic E-state index is 9.07. The summed E-state index contributed by atoms with van der Waals surface area (Å²) in [6.45, 7) is 0. The molecule has 0 aliphatic heterocycles. The van der Waals surface area contributed by atoms with E-state index in [1.165, 1.54) is 8.36 Å². The van der Waals surface area contributed by atoms with E-state index in [1.807, 2.05) is 48.6 Å². The van der Waals surface area contributed by atoms with Crippen LogP contribution in [0.3, 0.4) is 0 Å². The molecule has 0 heterocycles. The monoisotopic (exact) mass is 482 g/mol. The predicted molar refractivity (Wildman–Crippen MR) is 97.7 cm³/mol. The van der Waals surface area contributed by atoms with Crippen molar-refractivity contribution in [2.24, 2.45) is 0 Å². The Bertz CT molecular complexity index is 543. The van der Waals surface area contributed by atoms with Crippen molar-refractivity contribution in [2.75, 3.05) is 0 Å². The van der Waals surface area contributed by atoms with E-state index in [0.717, 1.165) is 25.7 Å². The summed E-state index contributed by atoms with van der Waals surface area (Å²) < 4.78 is 2.94. The van der Waals surface area contributed by atoms with Gasteiger partial charge in [0, 0.05) is 0 Å². The van der Waals surface area contributed by atoms with Gasteiger partial charge in [0.15, 0.2) is 0 Å². The second kappa shape index (κ2) is 33.7. The van der Waals surface area contributed by atoms with Crippen LogP contribution in [-0.2, 0) is 49.5 Å². The van der Waals surface area contributed by atoms with Gasteiger partial charge in [0.1, 0.15) is 0 Å². The first-order valence-corrected chi connectivity index (χ1v) is 9.34. The van der Waals surface area contributed by atoms with Crippen molar-refractivity contribution in [3.63, 3.8) is 0 Å². The van der Waals surface area contributed by atoms with E-state index in [-0.39, 0.29) is 46.5 Å². The summed E-state index contributed by atoms with van der Waals surface area (Å²) in [5.41, 5.74) is 0. The molecule has 4 aliphatic carbocycles. The summed E-state index contributed by atoms with van der Waals surface area (Å²) in [5.74, 6) is 0. The van der Waals surface area contributed by atoms with Crippen LogP contribution in [0.25, 0.3) is 0 Å². The first-order chi connectivity index (χ1) is 12.4. The Kier molecular flexibility index (Phi) is 41.6. The molecule has 28 heavy (non-hydrogen) atoms. The molecule has 4 rings (SSSR count). The molecule has 0 spiro atoms. The minimum Gasteiger partial charge on any atom is -1.00 e. The van der Waals surface area contributed by atoms with Gasteiger partial charge in [-0.05, 0) is 0 Å². The van der Waals surface area contributed by atoms with E-state index in [1.54, 1.807) is 0 Å². The molecule has 0 amide bonds. The topological polar surface area (TPSA) is 34.1 Å². The fourth-order valence-corrected chi connectivity index (χ4v) is 1.45. The van der Waals surface area contributed by atoms with Crippen molar-refractivity contribution in [3.05, 3.63) is 97.2 Å². The molecule has 0 radical (unpaired) electrons. The van der Waals surface area contributed by atoms with Crippen LogP contribution in [-0.4, -0.2) is 8.36 Å². The Morgan fingerprint density at radius 3 is 0.857 bits per heavy atom. The largest absolute Gasteiger partial charge is 4.00 e. The molecule has 0 aromatic rings. The quantitative estimate of drug-likeness (QED) is 0.309. The summed E-state index contributed by atoms with van der Waals surface area (Å²) in [5, 5.41) is 0. The smallest absolute Gasteiger partial charge is 1.00 e. The van der Waals surface area contributed by atoms with Gasteiger partial charge in [-0.25, -0.2) is 48.6 Å². The molecular formula is C22H20Cl2O2Ti2-2. The summed E-state index contributed by atoms with van der Waals surface area (Å²) in [6.07, 6.45) is 40.0. The molecular weight excluding hydrogens is 463 g/mol. The molecule has 0 aromatic heterocycles. The Balaban J connectivity index is -0.000000125. The second-order valence-electron chi connectivity index (χ2n) is 4.34. The van der Waals surface area contributed by atoms with Gasteiger partial charge in [0.25, 0.3) is 0 Å². The van der Waals surface area contributed by atoms with Gasteiger partial charge in [0.2, 0.25) is 0 Å². The number of allylic oxidation sites excluding steroid dienone is 16. The summed E-state index contributed by atoms with van der Waals surface area (Å²) >= 11 is -1.08. The Morgan fingerprint density at radius 2 is 0.821 bits per heavy atom. The van der Waals surface area contributed by atoms with Gasteiger partial charge in [-0.3, -0.25) is 24.3 Å². The third kappa shape index (κ3) is 32.7. The van der Waals surface area contributed by atoms with Crippen LogP contribution in [0.4, 0.5) is 0 Å². The fraction of sp³-hybridized carbons (Fsp3) is 0.182. The zero-order chi connectivity index (χ0) is 18.3. The van der Waals surface area contributed by atoms with Gasteiger partial charge in [-0.15, -0.1) is 25.7 Å². The number of hydrogen-bond donors (Lipinski definition) is 0. The van der Waals surface area contributed by atoms with Crippen molar-refractivity contribution in [2.45, 2.75) is 25.7 Å². The molecule has 0 unspecified atom stereocenters. The van der Waals surface area contributed by atoms with Crippen LogP contribution in [0.15, 0.2) is 72.9 Å². The van der Waals surface area contributed by atoms with Gasteiger partial charge >= 0.3 is 57.9 Å². The van der Waals surface area contributed by atoms with Crippen LogP contribution in [0.2, 0.25) is 0 Å².